The molecule has 134 valence electrons. The lowest BCUT2D eigenvalue weighted by Crippen LogP contribution is -2.33. The summed E-state index contributed by atoms with van der Waals surface area (Å²) in [5, 5.41) is 1.26. The van der Waals surface area contributed by atoms with Crippen LogP contribution < -0.4 is 5.56 Å². The number of aryl methyl sites for hydroxylation is 2. The molecule has 0 unspecified atom stereocenters. The van der Waals surface area contributed by atoms with Gasteiger partial charge in [0, 0.05) is 37.4 Å². The van der Waals surface area contributed by atoms with E-state index in [2.05, 4.69) is 41.1 Å². The third-order valence-electron chi connectivity index (χ3n) is 5.70. The average molecular weight is 347 g/mol. The van der Waals surface area contributed by atoms with E-state index in [1.165, 1.54) is 22.1 Å². The van der Waals surface area contributed by atoms with Crippen molar-refractivity contribution < 1.29 is 0 Å². The highest BCUT2D eigenvalue weighted by Gasteiger charge is 2.22. The lowest BCUT2D eigenvalue weighted by Gasteiger charge is -2.32. The molecule has 2 aromatic heterocycles. The highest BCUT2D eigenvalue weighted by molar-refractivity contribution is 5.83. The fourth-order valence-electron chi connectivity index (χ4n) is 4.00. The van der Waals surface area contributed by atoms with Crippen LogP contribution in [-0.2, 0) is 13.6 Å². The van der Waals surface area contributed by atoms with E-state index in [1.807, 2.05) is 18.5 Å². The summed E-state index contributed by atoms with van der Waals surface area (Å²) in [4.78, 5) is 18.9. The van der Waals surface area contributed by atoms with E-state index in [9.17, 15) is 4.79 Å². The van der Waals surface area contributed by atoms with Crippen LogP contribution in [0.2, 0.25) is 0 Å². The quantitative estimate of drug-likeness (QED) is 0.726. The molecule has 0 spiro atoms. The SMILES string of the molecule is Cc1ccc2ncccc2c1CN1CCC(c2ccn(C)c(=O)c2)CC1. The van der Waals surface area contributed by atoms with Gasteiger partial charge in [0.25, 0.3) is 5.56 Å². The molecule has 0 radical (unpaired) electrons. The van der Waals surface area contributed by atoms with Crippen LogP contribution in [0.1, 0.15) is 35.4 Å². The summed E-state index contributed by atoms with van der Waals surface area (Å²) in [5.41, 5.74) is 5.08. The van der Waals surface area contributed by atoms with E-state index in [0.717, 1.165) is 38.0 Å². The van der Waals surface area contributed by atoms with Crippen molar-refractivity contribution in [1.82, 2.24) is 14.5 Å². The van der Waals surface area contributed by atoms with E-state index in [4.69, 9.17) is 0 Å². The van der Waals surface area contributed by atoms with Crippen molar-refractivity contribution in [3.63, 3.8) is 0 Å². The second-order valence-electron chi connectivity index (χ2n) is 7.39. The predicted octanol–water partition coefficient (Wildman–Crippen LogP) is 3.62. The van der Waals surface area contributed by atoms with Gasteiger partial charge in [-0.2, -0.15) is 0 Å². The Morgan fingerprint density at radius 2 is 1.96 bits per heavy atom. The molecule has 0 atom stereocenters. The summed E-state index contributed by atoms with van der Waals surface area (Å²) < 4.78 is 1.63. The lowest BCUT2D eigenvalue weighted by molar-refractivity contribution is 0.205. The summed E-state index contributed by atoms with van der Waals surface area (Å²) in [6, 6.07) is 12.4. The van der Waals surface area contributed by atoms with Crippen molar-refractivity contribution in [2.75, 3.05) is 13.1 Å². The van der Waals surface area contributed by atoms with Crippen LogP contribution in [0.5, 0.6) is 0 Å². The van der Waals surface area contributed by atoms with Crippen molar-refractivity contribution in [2.45, 2.75) is 32.2 Å². The number of nitrogens with zero attached hydrogens (tertiary/aromatic N) is 3. The summed E-state index contributed by atoms with van der Waals surface area (Å²) in [6.45, 7) is 5.29. The number of hydrogen-bond acceptors (Lipinski definition) is 3. The van der Waals surface area contributed by atoms with Gasteiger partial charge in [-0.1, -0.05) is 12.1 Å². The molecule has 1 fully saturated rings. The molecule has 4 rings (SSSR count). The Kier molecular flexibility index (Phi) is 4.60. The lowest BCUT2D eigenvalue weighted by atomic mass is 9.89. The maximum Gasteiger partial charge on any atom is 0.250 e. The number of benzene rings is 1. The number of hydrogen-bond donors (Lipinski definition) is 0. The zero-order chi connectivity index (χ0) is 18.1. The molecule has 0 saturated carbocycles. The second-order valence-corrected chi connectivity index (χ2v) is 7.39. The van der Waals surface area contributed by atoms with Crippen LogP contribution in [0.3, 0.4) is 0 Å². The third kappa shape index (κ3) is 3.29. The molecule has 3 heterocycles. The molecular weight excluding hydrogens is 322 g/mol. The first-order chi connectivity index (χ1) is 12.6. The van der Waals surface area contributed by atoms with Crippen molar-refractivity contribution >= 4 is 10.9 Å². The summed E-state index contributed by atoms with van der Waals surface area (Å²) >= 11 is 0. The molecule has 0 amide bonds. The van der Waals surface area contributed by atoms with Gasteiger partial charge in [0.15, 0.2) is 0 Å². The van der Waals surface area contributed by atoms with E-state index in [0.29, 0.717) is 5.92 Å². The summed E-state index contributed by atoms with van der Waals surface area (Å²) in [7, 11) is 1.80. The van der Waals surface area contributed by atoms with Gasteiger partial charge in [0.2, 0.25) is 0 Å². The highest BCUT2D eigenvalue weighted by atomic mass is 16.1. The average Bonchev–Trinajstić information content (AvgIpc) is 2.67. The van der Waals surface area contributed by atoms with Gasteiger partial charge < -0.3 is 4.57 Å². The van der Waals surface area contributed by atoms with E-state index >= 15 is 0 Å². The van der Waals surface area contributed by atoms with E-state index < -0.39 is 0 Å². The third-order valence-corrected chi connectivity index (χ3v) is 5.70. The first kappa shape index (κ1) is 17.0. The fourth-order valence-corrected chi connectivity index (χ4v) is 4.00. The first-order valence-corrected chi connectivity index (χ1v) is 9.34. The summed E-state index contributed by atoms with van der Waals surface area (Å²) in [6.07, 6.45) is 5.96. The van der Waals surface area contributed by atoms with Crippen molar-refractivity contribution in [2.24, 2.45) is 7.05 Å². The predicted molar refractivity (Wildman–Crippen MR) is 105 cm³/mol. The van der Waals surface area contributed by atoms with Crippen LogP contribution >= 0.6 is 0 Å². The smallest absolute Gasteiger partial charge is 0.250 e. The minimum absolute atomic E-state index is 0.0869. The second kappa shape index (κ2) is 7.04. The molecule has 1 saturated heterocycles. The van der Waals surface area contributed by atoms with Gasteiger partial charge >= 0.3 is 0 Å². The van der Waals surface area contributed by atoms with Crippen molar-refractivity contribution in [3.05, 3.63) is 75.8 Å². The minimum Gasteiger partial charge on any atom is -0.319 e. The van der Waals surface area contributed by atoms with Gasteiger partial charge in [-0.3, -0.25) is 14.7 Å². The number of rotatable bonds is 3. The molecule has 26 heavy (non-hydrogen) atoms. The zero-order valence-electron chi connectivity index (χ0n) is 15.5. The minimum atomic E-state index is 0.0869. The molecule has 0 bridgehead atoms. The van der Waals surface area contributed by atoms with Gasteiger partial charge in [-0.25, -0.2) is 0 Å². The standard InChI is InChI=1S/C22H25N3O/c1-16-5-6-21-19(4-3-10-23-21)20(16)15-25-12-8-17(9-13-25)18-7-11-24(2)22(26)14-18/h3-7,10-11,14,17H,8-9,12-13,15H2,1-2H3. The normalized spacial score (nSPS) is 16.2. The van der Waals surface area contributed by atoms with Gasteiger partial charge in [-0.05, 0) is 73.7 Å². The number of likely N-dealkylation sites (tertiary alicyclic amines) is 1. The largest absolute Gasteiger partial charge is 0.319 e. The topological polar surface area (TPSA) is 38.1 Å². The number of aromatic nitrogens is 2. The van der Waals surface area contributed by atoms with Crippen LogP contribution in [0.25, 0.3) is 10.9 Å². The molecule has 1 aliphatic heterocycles. The monoisotopic (exact) mass is 347 g/mol. The molecular formula is C22H25N3O. The molecule has 3 aromatic rings. The van der Waals surface area contributed by atoms with Gasteiger partial charge in [-0.15, -0.1) is 0 Å². The van der Waals surface area contributed by atoms with Crippen molar-refractivity contribution in [1.29, 1.82) is 0 Å². The Bertz CT molecular complexity index is 984. The first-order valence-electron chi connectivity index (χ1n) is 9.34. The van der Waals surface area contributed by atoms with Crippen LogP contribution in [0.15, 0.2) is 53.6 Å². The maximum atomic E-state index is 11.9. The van der Waals surface area contributed by atoms with Crippen LogP contribution in [0.4, 0.5) is 0 Å². The fraction of sp³-hybridized carbons (Fsp3) is 0.364. The van der Waals surface area contributed by atoms with E-state index in [-0.39, 0.29) is 5.56 Å². The Morgan fingerprint density at radius 1 is 1.15 bits per heavy atom. The Hall–Kier alpha value is -2.46. The Labute approximate surface area is 154 Å². The number of pyridine rings is 2. The molecule has 4 nitrogen and oxygen atoms in total. The maximum absolute atomic E-state index is 11.9. The highest BCUT2D eigenvalue weighted by Crippen LogP contribution is 2.29. The molecule has 0 aliphatic carbocycles. The molecule has 0 N–H and O–H groups in total. The molecule has 4 heteroatoms. The van der Waals surface area contributed by atoms with Crippen LogP contribution in [0, 0.1) is 6.92 Å². The zero-order valence-corrected chi connectivity index (χ0v) is 15.5. The Morgan fingerprint density at radius 3 is 2.73 bits per heavy atom. The van der Waals surface area contributed by atoms with Gasteiger partial charge in [0.1, 0.15) is 0 Å². The number of piperidine rings is 1. The van der Waals surface area contributed by atoms with Gasteiger partial charge in [0.05, 0.1) is 5.52 Å². The van der Waals surface area contributed by atoms with E-state index in [1.54, 1.807) is 17.7 Å². The Balaban J connectivity index is 1.48. The van der Waals surface area contributed by atoms with Crippen molar-refractivity contribution in [3.8, 4) is 0 Å². The summed E-state index contributed by atoms with van der Waals surface area (Å²) in [5.74, 6) is 0.496. The molecule has 1 aromatic carbocycles. The number of fused-ring (bicyclic) bond motifs is 1. The van der Waals surface area contributed by atoms with Crippen LogP contribution in [-0.4, -0.2) is 27.5 Å². The molecule has 1 aliphatic rings.